The van der Waals surface area contributed by atoms with Gasteiger partial charge in [0.25, 0.3) is 0 Å². The summed E-state index contributed by atoms with van der Waals surface area (Å²) in [4.78, 5) is 2.49. The molecule has 3 atom stereocenters. The van der Waals surface area contributed by atoms with E-state index >= 15 is 0 Å². The van der Waals surface area contributed by atoms with Crippen LogP contribution < -0.4 is 4.90 Å². The van der Waals surface area contributed by atoms with Crippen LogP contribution in [0.3, 0.4) is 0 Å². The van der Waals surface area contributed by atoms with Crippen molar-refractivity contribution in [1.82, 2.24) is 0 Å². The molecular formula is C46H37N. The molecule has 0 spiro atoms. The number of anilines is 3. The Morgan fingerprint density at radius 2 is 1.13 bits per heavy atom. The van der Waals surface area contributed by atoms with Crippen LogP contribution in [0.5, 0.6) is 0 Å². The van der Waals surface area contributed by atoms with Crippen LogP contribution >= 0.6 is 0 Å². The monoisotopic (exact) mass is 603 g/mol. The number of rotatable bonds is 5. The minimum Gasteiger partial charge on any atom is -0.310 e. The highest BCUT2D eigenvalue weighted by Gasteiger charge is 2.53. The molecule has 0 amide bonds. The van der Waals surface area contributed by atoms with Crippen molar-refractivity contribution in [1.29, 1.82) is 0 Å². The molecule has 0 saturated carbocycles. The van der Waals surface area contributed by atoms with Gasteiger partial charge in [0, 0.05) is 28.6 Å². The van der Waals surface area contributed by atoms with Crippen molar-refractivity contribution in [2.24, 2.45) is 5.92 Å². The van der Waals surface area contributed by atoms with Crippen molar-refractivity contribution in [2.75, 3.05) is 4.90 Å². The molecule has 0 saturated heterocycles. The second-order valence-electron chi connectivity index (χ2n) is 13.7. The Morgan fingerprint density at radius 1 is 0.511 bits per heavy atom. The van der Waals surface area contributed by atoms with Gasteiger partial charge in [-0.1, -0.05) is 159 Å². The van der Waals surface area contributed by atoms with E-state index in [2.05, 4.69) is 195 Å². The summed E-state index contributed by atoms with van der Waals surface area (Å²) in [5.74, 6) is 0.587. The van der Waals surface area contributed by atoms with Crippen LogP contribution in [-0.2, 0) is 10.8 Å². The standard InChI is InChI=1S/C46H37N/c1-45(2)40-27-12-9-25-38(40)39-26-16-30-43(44(39)45)47(34-20-7-4-8-21-34)35-22-15-19-33(31-35)46(32-17-5-3-6-18-32)41-28-13-10-23-36(41)37-24-11-14-29-42(37)46/h3-31,36,41H,1-2H3. The highest BCUT2D eigenvalue weighted by molar-refractivity contribution is 5.90. The van der Waals surface area contributed by atoms with Crippen LogP contribution in [0.25, 0.3) is 11.1 Å². The number of nitrogens with zero attached hydrogens (tertiary/aromatic N) is 1. The van der Waals surface area contributed by atoms with E-state index in [4.69, 9.17) is 0 Å². The molecule has 9 rings (SSSR count). The molecule has 0 bridgehead atoms. The smallest absolute Gasteiger partial charge is 0.0526 e. The largest absolute Gasteiger partial charge is 0.310 e. The maximum absolute atomic E-state index is 2.49. The summed E-state index contributed by atoms with van der Waals surface area (Å²) in [5.41, 5.74) is 14.0. The number of para-hydroxylation sites is 1. The second-order valence-corrected chi connectivity index (χ2v) is 13.7. The summed E-state index contributed by atoms with van der Waals surface area (Å²) in [5, 5.41) is 0. The van der Waals surface area contributed by atoms with Crippen LogP contribution in [0.15, 0.2) is 176 Å². The van der Waals surface area contributed by atoms with E-state index in [-0.39, 0.29) is 16.7 Å². The number of benzene rings is 6. The molecule has 226 valence electrons. The number of hydrogen-bond acceptors (Lipinski definition) is 1. The lowest BCUT2D eigenvalue weighted by molar-refractivity contribution is 0.457. The van der Waals surface area contributed by atoms with E-state index in [1.165, 1.54) is 55.9 Å². The minimum absolute atomic E-state index is 0.144. The third-order valence-corrected chi connectivity index (χ3v) is 11.0. The van der Waals surface area contributed by atoms with Gasteiger partial charge in [-0.05, 0) is 74.8 Å². The van der Waals surface area contributed by atoms with Crippen molar-refractivity contribution in [3.63, 3.8) is 0 Å². The Labute approximate surface area is 278 Å². The molecule has 3 aliphatic carbocycles. The highest BCUT2D eigenvalue weighted by Crippen LogP contribution is 2.60. The summed E-state index contributed by atoms with van der Waals surface area (Å²) < 4.78 is 0. The maximum Gasteiger partial charge on any atom is 0.0526 e. The molecular weight excluding hydrogens is 567 g/mol. The van der Waals surface area contributed by atoms with E-state index in [0.29, 0.717) is 5.92 Å². The normalized spacial score (nSPS) is 21.1. The Balaban J connectivity index is 1.31. The Bertz CT molecular complexity index is 2190. The average Bonchev–Trinajstić information content (AvgIpc) is 3.56. The molecule has 6 aromatic rings. The van der Waals surface area contributed by atoms with Crippen molar-refractivity contribution >= 4 is 17.1 Å². The molecule has 0 radical (unpaired) electrons. The van der Waals surface area contributed by atoms with E-state index < -0.39 is 0 Å². The van der Waals surface area contributed by atoms with E-state index in [0.717, 1.165) is 5.69 Å². The van der Waals surface area contributed by atoms with Crippen molar-refractivity contribution in [2.45, 2.75) is 30.6 Å². The number of fused-ring (bicyclic) bond motifs is 6. The molecule has 0 N–H and O–H groups in total. The minimum atomic E-state index is -0.337. The van der Waals surface area contributed by atoms with Crippen LogP contribution in [-0.4, -0.2) is 0 Å². The first kappa shape index (κ1) is 27.9. The molecule has 3 unspecified atom stereocenters. The van der Waals surface area contributed by atoms with Crippen LogP contribution in [0.1, 0.15) is 53.1 Å². The van der Waals surface area contributed by atoms with Gasteiger partial charge in [0.15, 0.2) is 0 Å². The molecule has 1 heteroatoms. The van der Waals surface area contributed by atoms with Gasteiger partial charge in [0.2, 0.25) is 0 Å². The van der Waals surface area contributed by atoms with Crippen molar-refractivity contribution < 1.29 is 0 Å². The van der Waals surface area contributed by atoms with Crippen LogP contribution in [0, 0.1) is 5.92 Å². The van der Waals surface area contributed by atoms with Crippen molar-refractivity contribution in [3.8, 4) is 11.1 Å². The van der Waals surface area contributed by atoms with Crippen molar-refractivity contribution in [3.05, 3.63) is 209 Å². The van der Waals surface area contributed by atoms with Gasteiger partial charge in [-0.3, -0.25) is 0 Å². The Morgan fingerprint density at radius 3 is 1.96 bits per heavy atom. The van der Waals surface area contributed by atoms with Gasteiger partial charge >= 0.3 is 0 Å². The number of allylic oxidation sites excluding steroid dienone is 4. The molecule has 0 aromatic heterocycles. The quantitative estimate of drug-likeness (QED) is 0.189. The Hall–Kier alpha value is -5.40. The summed E-state index contributed by atoms with van der Waals surface area (Å²) >= 11 is 0. The molecule has 0 heterocycles. The van der Waals surface area contributed by atoms with Crippen LogP contribution in [0.4, 0.5) is 17.1 Å². The first-order valence-electron chi connectivity index (χ1n) is 16.8. The molecule has 0 aliphatic heterocycles. The molecule has 47 heavy (non-hydrogen) atoms. The molecule has 1 nitrogen and oxygen atoms in total. The van der Waals surface area contributed by atoms with Gasteiger partial charge in [-0.2, -0.15) is 0 Å². The first-order chi connectivity index (χ1) is 23.1. The van der Waals surface area contributed by atoms with Crippen LogP contribution in [0.2, 0.25) is 0 Å². The van der Waals surface area contributed by atoms with E-state index in [9.17, 15) is 0 Å². The number of hydrogen-bond donors (Lipinski definition) is 0. The lowest BCUT2D eigenvalue weighted by atomic mass is 9.63. The SMILES string of the molecule is CC1(C)c2ccccc2-c2cccc(N(c3ccccc3)c3cccc(C4(c5ccccc5)c5ccccc5C5C=CC=CC54)c3)c21. The Kier molecular flexibility index (Phi) is 6.27. The second kappa shape index (κ2) is 10.6. The lowest BCUT2D eigenvalue weighted by Crippen LogP contribution is -2.35. The topological polar surface area (TPSA) is 3.24 Å². The van der Waals surface area contributed by atoms with Gasteiger partial charge in [0.05, 0.1) is 11.1 Å². The predicted octanol–water partition coefficient (Wildman–Crippen LogP) is 11.6. The van der Waals surface area contributed by atoms with E-state index in [1.807, 2.05) is 0 Å². The van der Waals surface area contributed by atoms with Gasteiger partial charge in [-0.15, -0.1) is 0 Å². The van der Waals surface area contributed by atoms with Gasteiger partial charge < -0.3 is 4.90 Å². The zero-order valence-electron chi connectivity index (χ0n) is 26.8. The summed E-state index contributed by atoms with van der Waals surface area (Å²) in [6, 6.07) is 56.4. The summed E-state index contributed by atoms with van der Waals surface area (Å²) in [7, 11) is 0. The fourth-order valence-electron chi connectivity index (χ4n) is 9.11. The average molecular weight is 604 g/mol. The highest BCUT2D eigenvalue weighted by atomic mass is 15.1. The fourth-order valence-corrected chi connectivity index (χ4v) is 9.11. The molecule has 6 aromatic carbocycles. The lowest BCUT2D eigenvalue weighted by Gasteiger charge is -2.39. The summed E-state index contributed by atoms with van der Waals surface area (Å²) in [6.07, 6.45) is 9.32. The zero-order valence-corrected chi connectivity index (χ0v) is 26.8. The molecule has 3 aliphatic rings. The third-order valence-electron chi connectivity index (χ3n) is 11.0. The van der Waals surface area contributed by atoms with Gasteiger partial charge in [-0.25, -0.2) is 0 Å². The molecule has 0 fully saturated rings. The first-order valence-corrected chi connectivity index (χ1v) is 16.8. The zero-order chi connectivity index (χ0) is 31.6. The predicted molar refractivity (Wildman–Crippen MR) is 196 cm³/mol. The fraction of sp³-hybridized carbons (Fsp3) is 0.130. The maximum atomic E-state index is 2.49. The summed E-state index contributed by atoms with van der Waals surface area (Å²) in [6.45, 7) is 4.76. The third kappa shape index (κ3) is 3.96. The van der Waals surface area contributed by atoms with E-state index in [1.54, 1.807) is 0 Å². The van der Waals surface area contributed by atoms with Gasteiger partial charge in [0.1, 0.15) is 0 Å².